The Bertz CT molecular complexity index is 434. The van der Waals surface area contributed by atoms with Crippen LogP contribution < -0.4 is 4.74 Å². The summed E-state index contributed by atoms with van der Waals surface area (Å²) in [4.78, 5) is 13.9. The molecule has 82 valence electrons. The summed E-state index contributed by atoms with van der Waals surface area (Å²) >= 11 is 0. The Kier molecular flexibility index (Phi) is 3.11. The summed E-state index contributed by atoms with van der Waals surface area (Å²) in [5, 5.41) is 0. The number of amides is 1. The maximum Gasteiger partial charge on any atom is 0.257 e. The number of carbonyl (C=O) groups is 1. The van der Waals surface area contributed by atoms with Gasteiger partial charge in [-0.15, -0.1) is 12.3 Å². The number of ether oxygens (including phenoxy) is 1. The van der Waals surface area contributed by atoms with Gasteiger partial charge in [0.25, 0.3) is 5.91 Å². The number of nitrogens with zero attached hydrogens (tertiary/aromatic N) is 1. The lowest BCUT2D eigenvalue weighted by atomic mass is 10.2. The molecule has 0 aliphatic carbocycles. The molecule has 0 saturated carbocycles. The average Bonchev–Trinajstić information content (AvgIpc) is 2.47. The molecule has 1 heterocycles. The first kappa shape index (κ1) is 10.6. The number of hydrogen-bond donors (Lipinski definition) is 0. The lowest BCUT2D eigenvalue weighted by molar-refractivity contribution is 0.0759. The largest absolute Gasteiger partial charge is 0.491 e. The average molecular weight is 215 g/mol. The van der Waals surface area contributed by atoms with Crippen molar-refractivity contribution in [3.63, 3.8) is 0 Å². The Morgan fingerprint density at radius 2 is 2.25 bits per heavy atom. The van der Waals surface area contributed by atoms with E-state index in [0.29, 0.717) is 37.4 Å². The summed E-state index contributed by atoms with van der Waals surface area (Å²) < 4.78 is 5.51. The molecule has 1 aromatic rings. The summed E-state index contributed by atoms with van der Waals surface area (Å²) in [6, 6.07) is 7.30. The topological polar surface area (TPSA) is 29.5 Å². The Morgan fingerprint density at radius 3 is 3.06 bits per heavy atom. The van der Waals surface area contributed by atoms with Crippen LogP contribution in [0.3, 0.4) is 0 Å². The van der Waals surface area contributed by atoms with Crippen molar-refractivity contribution in [1.82, 2.24) is 4.90 Å². The van der Waals surface area contributed by atoms with E-state index in [-0.39, 0.29) is 5.91 Å². The van der Waals surface area contributed by atoms with Gasteiger partial charge in [0.15, 0.2) is 0 Å². The highest BCUT2D eigenvalue weighted by atomic mass is 16.5. The zero-order valence-corrected chi connectivity index (χ0v) is 8.98. The summed E-state index contributed by atoms with van der Waals surface area (Å²) in [6.45, 7) is 1.70. The van der Waals surface area contributed by atoms with Gasteiger partial charge in [-0.05, 0) is 12.1 Å². The number of benzene rings is 1. The Balaban J connectivity index is 2.24. The van der Waals surface area contributed by atoms with Gasteiger partial charge in [-0.1, -0.05) is 12.1 Å². The highest BCUT2D eigenvalue weighted by molar-refractivity contribution is 5.97. The van der Waals surface area contributed by atoms with E-state index in [4.69, 9.17) is 11.2 Å². The van der Waals surface area contributed by atoms with Crippen molar-refractivity contribution in [2.24, 2.45) is 0 Å². The molecule has 3 heteroatoms. The van der Waals surface area contributed by atoms with Crippen molar-refractivity contribution in [2.75, 3.05) is 19.7 Å². The van der Waals surface area contributed by atoms with E-state index in [1.54, 1.807) is 11.0 Å². The quantitative estimate of drug-likeness (QED) is 0.700. The van der Waals surface area contributed by atoms with Crippen LogP contribution in [0.2, 0.25) is 0 Å². The highest BCUT2D eigenvalue weighted by Crippen LogP contribution is 2.22. The molecular weight excluding hydrogens is 202 g/mol. The Morgan fingerprint density at radius 1 is 1.44 bits per heavy atom. The molecule has 1 amide bonds. The minimum Gasteiger partial charge on any atom is -0.491 e. The molecule has 0 unspecified atom stereocenters. The van der Waals surface area contributed by atoms with Crippen LogP contribution in [-0.2, 0) is 0 Å². The Hall–Kier alpha value is -1.95. The summed E-state index contributed by atoms with van der Waals surface area (Å²) in [5.41, 5.74) is 0.622. The molecule has 3 nitrogen and oxygen atoms in total. The molecule has 0 atom stereocenters. The van der Waals surface area contributed by atoms with Crippen LogP contribution in [0.15, 0.2) is 24.3 Å². The van der Waals surface area contributed by atoms with E-state index in [2.05, 4.69) is 5.92 Å². The number of carbonyl (C=O) groups excluding carboxylic acids is 1. The van der Waals surface area contributed by atoms with Crippen LogP contribution in [0.1, 0.15) is 16.8 Å². The fraction of sp³-hybridized carbons (Fsp3) is 0.308. The molecule has 0 bridgehead atoms. The second-order valence-corrected chi connectivity index (χ2v) is 3.59. The molecular formula is C13H13NO2. The Labute approximate surface area is 95.0 Å². The molecule has 16 heavy (non-hydrogen) atoms. The maximum atomic E-state index is 12.1. The fourth-order valence-electron chi connectivity index (χ4n) is 1.72. The van der Waals surface area contributed by atoms with Gasteiger partial charge in [-0.3, -0.25) is 4.79 Å². The minimum atomic E-state index is 0.00310. The number of terminal acetylenes is 1. The van der Waals surface area contributed by atoms with Crippen LogP contribution in [0.25, 0.3) is 0 Å². The second kappa shape index (κ2) is 4.71. The van der Waals surface area contributed by atoms with E-state index in [0.717, 1.165) is 0 Å². The van der Waals surface area contributed by atoms with Gasteiger partial charge < -0.3 is 9.64 Å². The molecule has 0 aromatic heterocycles. The van der Waals surface area contributed by atoms with Crippen molar-refractivity contribution in [3.8, 4) is 18.1 Å². The van der Waals surface area contributed by atoms with Crippen molar-refractivity contribution in [2.45, 2.75) is 6.42 Å². The third-order valence-electron chi connectivity index (χ3n) is 2.55. The molecule has 0 N–H and O–H groups in total. The molecule has 0 fully saturated rings. The van der Waals surface area contributed by atoms with E-state index in [1.165, 1.54) is 0 Å². The maximum absolute atomic E-state index is 12.1. The molecule has 2 rings (SSSR count). The zero-order valence-electron chi connectivity index (χ0n) is 8.98. The van der Waals surface area contributed by atoms with E-state index >= 15 is 0 Å². The minimum absolute atomic E-state index is 0.00310. The monoisotopic (exact) mass is 215 g/mol. The predicted octanol–water partition coefficient (Wildman–Crippen LogP) is 1.54. The van der Waals surface area contributed by atoms with Gasteiger partial charge in [-0.25, -0.2) is 0 Å². The smallest absolute Gasteiger partial charge is 0.257 e. The molecule has 1 aliphatic heterocycles. The first-order valence-corrected chi connectivity index (χ1v) is 5.27. The lowest BCUT2D eigenvalue weighted by Gasteiger charge is -2.18. The summed E-state index contributed by atoms with van der Waals surface area (Å²) in [7, 11) is 0. The molecule has 0 spiro atoms. The van der Waals surface area contributed by atoms with Crippen LogP contribution in [0.5, 0.6) is 5.75 Å². The van der Waals surface area contributed by atoms with E-state index in [1.807, 2.05) is 18.2 Å². The van der Waals surface area contributed by atoms with Gasteiger partial charge in [0.1, 0.15) is 12.4 Å². The van der Waals surface area contributed by atoms with Gasteiger partial charge in [-0.2, -0.15) is 0 Å². The molecule has 1 aliphatic rings. The molecule has 1 aromatic carbocycles. The van der Waals surface area contributed by atoms with Crippen LogP contribution in [0, 0.1) is 12.3 Å². The van der Waals surface area contributed by atoms with Crippen molar-refractivity contribution in [3.05, 3.63) is 29.8 Å². The van der Waals surface area contributed by atoms with Gasteiger partial charge in [0.2, 0.25) is 0 Å². The third kappa shape index (κ3) is 2.01. The first-order chi connectivity index (χ1) is 7.83. The number of fused-ring (bicyclic) bond motifs is 1. The van der Waals surface area contributed by atoms with Crippen LogP contribution in [-0.4, -0.2) is 30.5 Å². The highest BCUT2D eigenvalue weighted by Gasteiger charge is 2.22. The molecule has 0 saturated heterocycles. The summed E-state index contributed by atoms with van der Waals surface area (Å²) in [5.74, 6) is 3.21. The van der Waals surface area contributed by atoms with Crippen molar-refractivity contribution in [1.29, 1.82) is 0 Å². The third-order valence-corrected chi connectivity index (χ3v) is 2.55. The van der Waals surface area contributed by atoms with E-state index < -0.39 is 0 Å². The normalized spacial score (nSPS) is 14.7. The number of hydrogen-bond acceptors (Lipinski definition) is 2. The number of rotatable bonds is 2. The fourth-order valence-corrected chi connectivity index (χ4v) is 1.72. The SMILES string of the molecule is C#CCCN1CCOc2ccccc2C1=O. The zero-order chi connectivity index (χ0) is 11.4. The first-order valence-electron chi connectivity index (χ1n) is 5.27. The second-order valence-electron chi connectivity index (χ2n) is 3.59. The van der Waals surface area contributed by atoms with Gasteiger partial charge >= 0.3 is 0 Å². The predicted molar refractivity (Wildman–Crippen MR) is 61.3 cm³/mol. The van der Waals surface area contributed by atoms with Crippen LogP contribution in [0.4, 0.5) is 0 Å². The summed E-state index contributed by atoms with van der Waals surface area (Å²) in [6.07, 6.45) is 5.78. The van der Waals surface area contributed by atoms with E-state index in [9.17, 15) is 4.79 Å². The molecule has 0 radical (unpaired) electrons. The van der Waals surface area contributed by atoms with Crippen molar-refractivity contribution >= 4 is 5.91 Å². The van der Waals surface area contributed by atoms with Gasteiger partial charge in [0, 0.05) is 13.0 Å². The van der Waals surface area contributed by atoms with Crippen LogP contribution >= 0.6 is 0 Å². The van der Waals surface area contributed by atoms with Crippen molar-refractivity contribution < 1.29 is 9.53 Å². The number of para-hydroxylation sites is 1. The van der Waals surface area contributed by atoms with Gasteiger partial charge in [0.05, 0.1) is 12.1 Å². The standard InChI is InChI=1S/C13H13NO2/c1-2-3-8-14-9-10-16-12-7-5-4-6-11(12)13(14)15/h1,4-7H,3,8-10H2. The lowest BCUT2D eigenvalue weighted by Crippen LogP contribution is -2.33.